The van der Waals surface area contributed by atoms with E-state index in [1.165, 1.54) is 67.8 Å². The summed E-state index contributed by atoms with van der Waals surface area (Å²) >= 11 is 0.649. The number of benzene rings is 3. The summed E-state index contributed by atoms with van der Waals surface area (Å²) in [6, 6.07) is 19.1. The third kappa shape index (κ3) is 4.30. The van der Waals surface area contributed by atoms with Crippen LogP contribution in [0.15, 0.2) is 98.0 Å². The molecule has 0 radical (unpaired) electrons. The smallest absolute Gasteiger partial charge is 0.284 e. The Morgan fingerprint density at radius 1 is 0.838 bits per heavy atom. The molecule has 0 atom stereocenters. The predicted molar refractivity (Wildman–Crippen MR) is 138 cm³/mol. The van der Waals surface area contributed by atoms with E-state index in [0.29, 0.717) is 21.8 Å². The van der Waals surface area contributed by atoms with Gasteiger partial charge in [-0.15, -0.1) is 4.40 Å². The van der Waals surface area contributed by atoms with Crippen LogP contribution < -0.4 is 14.4 Å². The van der Waals surface area contributed by atoms with E-state index in [-0.39, 0.29) is 36.7 Å². The van der Waals surface area contributed by atoms with Crippen LogP contribution >= 0.6 is 11.8 Å². The molecule has 2 amide bonds. The Bertz CT molecular complexity index is 1710. The fourth-order valence-electron chi connectivity index (χ4n) is 3.78. The third-order valence-electron chi connectivity index (χ3n) is 5.48. The summed E-state index contributed by atoms with van der Waals surface area (Å²) in [6.45, 7) is 0. The molecule has 13 heteroatoms. The van der Waals surface area contributed by atoms with E-state index < -0.39 is 31.9 Å². The first-order valence-electron chi connectivity index (χ1n) is 10.6. The SMILES string of the molecule is COc1ccc(S(=O)(=O)N2C(=O)C(=C3S/C(=N/S(=O)(=O)c4ccccc4)NC3=O)c3ccccc32)cc1. The standard InChI is InChI=1S/C24H17N3O7S3/c1-34-15-11-13-17(14-12-15)37(32,33)27-19-10-6-5-9-18(19)20(23(27)29)21-22(28)25-24(35-21)26-36(30,31)16-7-3-2-4-8-16/h2-14H,1H3,(H,25,26,28). The van der Waals surface area contributed by atoms with Crippen LogP contribution in [0.3, 0.4) is 0 Å². The third-order valence-corrected chi connectivity index (χ3v) is 9.58. The van der Waals surface area contributed by atoms with Gasteiger partial charge in [0.1, 0.15) is 5.75 Å². The molecular formula is C24H17N3O7S3. The number of fused-ring (bicyclic) bond motifs is 1. The van der Waals surface area contributed by atoms with Gasteiger partial charge in [-0.2, -0.15) is 12.7 Å². The quantitative estimate of drug-likeness (QED) is 0.474. The van der Waals surface area contributed by atoms with Crippen LogP contribution in [0.4, 0.5) is 5.69 Å². The van der Waals surface area contributed by atoms with Gasteiger partial charge in [-0.3, -0.25) is 14.9 Å². The van der Waals surface area contributed by atoms with Crippen LogP contribution in [-0.4, -0.2) is 40.9 Å². The number of amidine groups is 1. The zero-order chi connectivity index (χ0) is 26.4. The number of nitrogens with one attached hydrogen (secondary N) is 1. The van der Waals surface area contributed by atoms with Crippen molar-refractivity contribution in [1.29, 1.82) is 0 Å². The summed E-state index contributed by atoms with van der Waals surface area (Å²) in [7, 11) is -7.05. The molecule has 5 rings (SSSR count). The van der Waals surface area contributed by atoms with Crippen LogP contribution in [0.2, 0.25) is 0 Å². The number of hydrogen-bond acceptors (Lipinski definition) is 8. The first kappa shape index (κ1) is 24.7. The maximum Gasteiger partial charge on any atom is 0.284 e. The number of carbonyl (C=O) groups excluding carboxylic acids is 2. The number of anilines is 1. The zero-order valence-electron chi connectivity index (χ0n) is 19.0. The van der Waals surface area contributed by atoms with Gasteiger partial charge in [0, 0.05) is 5.56 Å². The van der Waals surface area contributed by atoms with Crippen LogP contribution in [0.5, 0.6) is 5.75 Å². The molecule has 2 aliphatic rings. The van der Waals surface area contributed by atoms with Crippen molar-refractivity contribution in [2.24, 2.45) is 4.40 Å². The number of para-hydroxylation sites is 1. The highest BCUT2D eigenvalue weighted by molar-refractivity contribution is 8.19. The van der Waals surface area contributed by atoms with Crippen molar-refractivity contribution in [2.45, 2.75) is 9.79 Å². The van der Waals surface area contributed by atoms with Gasteiger partial charge in [-0.05, 0) is 54.2 Å². The number of thioether (sulfide) groups is 1. The molecule has 10 nitrogen and oxygen atoms in total. The van der Waals surface area contributed by atoms with E-state index in [1.54, 1.807) is 18.2 Å². The van der Waals surface area contributed by atoms with Gasteiger partial charge in [0.2, 0.25) is 0 Å². The molecule has 1 saturated heterocycles. The second-order valence-corrected chi connectivity index (χ2v) is 12.1. The summed E-state index contributed by atoms with van der Waals surface area (Å²) in [6.07, 6.45) is 0. The van der Waals surface area contributed by atoms with Gasteiger partial charge in [-0.25, -0.2) is 8.42 Å². The first-order valence-corrected chi connectivity index (χ1v) is 14.3. The number of sulfonamides is 2. The molecule has 2 heterocycles. The number of amides is 2. The molecule has 188 valence electrons. The van der Waals surface area contributed by atoms with Crippen molar-refractivity contribution in [2.75, 3.05) is 11.4 Å². The summed E-state index contributed by atoms with van der Waals surface area (Å²) in [5.41, 5.74) is 0.119. The van der Waals surface area contributed by atoms with Gasteiger partial charge in [0.15, 0.2) is 5.17 Å². The number of methoxy groups -OCH3 is 1. The second kappa shape index (κ2) is 9.18. The maximum absolute atomic E-state index is 13.6. The number of hydrogen-bond donors (Lipinski definition) is 1. The van der Waals surface area contributed by atoms with E-state index in [2.05, 4.69) is 9.71 Å². The van der Waals surface area contributed by atoms with Gasteiger partial charge >= 0.3 is 0 Å². The van der Waals surface area contributed by atoms with Crippen LogP contribution in [0.25, 0.3) is 5.57 Å². The summed E-state index contributed by atoms with van der Waals surface area (Å²) in [5, 5.41) is 2.11. The summed E-state index contributed by atoms with van der Waals surface area (Å²) in [4.78, 5) is 26.0. The fourth-order valence-corrected chi connectivity index (χ4v) is 7.29. The lowest BCUT2D eigenvalue weighted by Crippen LogP contribution is -2.34. The van der Waals surface area contributed by atoms with E-state index >= 15 is 0 Å². The van der Waals surface area contributed by atoms with Crippen molar-refractivity contribution >= 4 is 60.1 Å². The lowest BCUT2D eigenvalue weighted by Gasteiger charge is -2.17. The molecule has 0 unspecified atom stereocenters. The van der Waals surface area contributed by atoms with Gasteiger partial charge in [0.25, 0.3) is 31.9 Å². The van der Waals surface area contributed by atoms with Crippen molar-refractivity contribution in [3.05, 3.63) is 89.3 Å². The van der Waals surface area contributed by atoms with E-state index in [0.717, 1.165) is 0 Å². The first-order chi connectivity index (χ1) is 17.6. The lowest BCUT2D eigenvalue weighted by atomic mass is 10.1. The molecule has 0 saturated carbocycles. The van der Waals surface area contributed by atoms with Crippen LogP contribution in [0.1, 0.15) is 5.56 Å². The number of ether oxygens (including phenoxy) is 1. The summed E-state index contributed by atoms with van der Waals surface area (Å²) < 4.78 is 61.7. The highest BCUT2D eigenvalue weighted by Gasteiger charge is 2.45. The Balaban J connectivity index is 1.58. The average Bonchev–Trinajstić information content (AvgIpc) is 3.39. The molecule has 1 fully saturated rings. The minimum absolute atomic E-state index is 0.0708. The largest absolute Gasteiger partial charge is 0.497 e. The molecule has 0 aliphatic carbocycles. The molecule has 3 aromatic carbocycles. The number of nitrogens with zero attached hydrogens (tertiary/aromatic N) is 2. The minimum Gasteiger partial charge on any atom is -0.497 e. The average molecular weight is 556 g/mol. The Labute approximate surface area is 216 Å². The predicted octanol–water partition coefficient (Wildman–Crippen LogP) is 2.75. The Morgan fingerprint density at radius 3 is 2.16 bits per heavy atom. The van der Waals surface area contributed by atoms with E-state index in [1.807, 2.05) is 0 Å². The normalized spacial score (nSPS) is 18.7. The Morgan fingerprint density at radius 2 is 1.49 bits per heavy atom. The molecule has 2 aliphatic heterocycles. The Kier molecular flexibility index (Phi) is 6.14. The minimum atomic E-state index is -4.36. The molecule has 37 heavy (non-hydrogen) atoms. The van der Waals surface area contributed by atoms with E-state index in [4.69, 9.17) is 4.74 Å². The van der Waals surface area contributed by atoms with Crippen molar-refractivity contribution < 1.29 is 31.2 Å². The second-order valence-electron chi connectivity index (χ2n) is 7.71. The van der Waals surface area contributed by atoms with Crippen molar-refractivity contribution in [1.82, 2.24) is 5.32 Å². The van der Waals surface area contributed by atoms with Crippen molar-refractivity contribution in [3.8, 4) is 5.75 Å². The Hall–Kier alpha value is -3.94. The van der Waals surface area contributed by atoms with Gasteiger partial charge in [0.05, 0.1) is 33.1 Å². The molecule has 1 N–H and O–H groups in total. The van der Waals surface area contributed by atoms with E-state index in [9.17, 15) is 26.4 Å². The number of rotatable bonds is 5. The monoisotopic (exact) mass is 555 g/mol. The fraction of sp³-hybridized carbons (Fsp3) is 0.0417. The van der Waals surface area contributed by atoms with Gasteiger partial charge < -0.3 is 4.74 Å². The molecule has 0 aromatic heterocycles. The summed E-state index contributed by atoms with van der Waals surface area (Å²) in [5.74, 6) is -1.28. The topological polar surface area (TPSA) is 139 Å². The zero-order valence-corrected chi connectivity index (χ0v) is 21.4. The van der Waals surface area contributed by atoms with Gasteiger partial charge in [-0.1, -0.05) is 36.4 Å². The molecule has 3 aromatic rings. The highest BCUT2D eigenvalue weighted by atomic mass is 32.2. The maximum atomic E-state index is 13.6. The van der Waals surface area contributed by atoms with Crippen molar-refractivity contribution in [3.63, 3.8) is 0 Å². The van der Waals surface area contributed by atoms with Crippen LogP contribution in [0, 0.1) is 0 Å². The number of carbonyl (C=O) groups is 2. The highest BCUT2D eigenvalue weighted by Crippen LogP contribution is 2.45. The molecular weight excluding hydrogens is 538 g/mol. The van der Waals surface area contributed by atoms with Crippen LogP contribution in [-0.2, 0) is 29.6 Å². The molecule has 0 bridgehead atoms. The molecule has 0 spiro atoms. The lowest BCUT2D eigenvalue weighted by molar-refractivity contribution is -0.116.